The third-order valence-corrected chi connectivity index (χ3v) is 26.0. The Morgan fingerprint density at radius 3 is 1.13 bits per heavy atom. The summed E-state index contributed by atoms with van der Waals surface area (Å²) in [5, 5.41) is 0. The largest absolute Gasteiger partial charge is 0.543 e. The van der Waals surface area contributed by atoms with Crippen LogP contribution in [0.5, 0.6) is 11.5 Å². The number of benzene rings is 4. The predicted octanol–water partition coefficient (Wildman–Crippen LogP) is 12.4. The van der Waals surface area contributed by atoms with E-state index in [0.717, 1.165) is 22.0 Å². The highest BCUT2D eigenvalue weighted by atomic mass is 79.9. The standard InChI is InChI=1S/C27H35NO5Si.C18H30O3Si.C9H6BrNO2/c1-17(2)34(18(3)4,19(5)6)33-21-14-12-20(13-15-21)24(27(31)32-7)16-28-25(29)22-10-8-9-11-23(22)26(28)30;1-13(2)22(14(3)4,15(5)6)21-17-10-8-16(9-11-17)12-18(19)20-7;10-5-11-8(12)6-3-1-2-4-7(6)9(11)13/h8-15,17-19,24H,16H2,1-7H3;8-11,13-15H,12H2,1-7H3;1-4H,5H2. The molecule has 372 valence electrons. The van der Waals surface area contributed by atoms with Crippen molar-refractivity contribution in [1.29, 1.82) is 0 Å². The average molecular weight is 1040 g/mol. The molecule has 0 N–H and O–H groups in total. The number of hydrogen-bond donors (Lipinski definition) is 0. The van der Waals surface area contributed by atoms with Gasteiger partial charge in [0.15, 0.2) is 0 Å². The first-order valence-corrected chi connectivity index (χ1v) is 29.1. The summed E-state index contributed by atoms with van der Waals surface area (Å²) in [4.78, 5) is 75.0. The summed E-state index contributed by atoms with van der Waals surface area (Å²) in [5.74, 6) is -1.05. The second-order valence-electron chi connectivity index (χ2n) is 19.4. The van der Waals surface area contributed by atoms with Crippen molar-refractivity contribution < 1.29 is 47.1 Å². The molecule has 2 heterocycles. The molecule has 2 aliphatic heterocycles. The number of rotatable bonds is 17. The third kappa shape index (κ3) is 12.3. The maximum atomic E-state index is 12.8. The van der Waals surface area contributed by atoms with E-state index in [1.807, 2.05) is 48.5 Å². The van der Waals surface area contributed by atoms with Gasteiger partial charge in [0.25, 0.3) is 40.3 Å². The number of esters is 2. The summed E-state index contributed by atoms with van der Waals surface area (Å²) in [6.07, 6.45) is 0.303. The summed E-state index contributed by atoms with van der Waals surface area (Å²) in [6, 6.07) is 28.8. The predicted molar refractivity (Wildman–Crippen MR) is 279 cm³/mol. The second kappa shape index (κ2) is 24.4. The van der Waals surface area contributed by atoms with Crippen LogP contribution in [0.4, 0.5) is 0 Å². The molecule has 0 fully saturated rings. The topological polar surface area (TPSA) is 146 Å². The van der Waals surface area contributed by atoms with Crippen LogP contribution >= 0.6 is 15.9 Å². The highest BCUT2D eigenvalue weighted by Gasteiger charge is 2.48. The number of imide groups is 2. The van der Waals surface area contributed by atoms with Gasteiger partial charge in [0.2, 0.25) is 0 Å². The van der Waals surface area contributed by atoms with E-state index in [4.69, 9.17) is 18.3 Å². The van der Waals surface area contributed by atoms with Crippen molar-refractivity contribution in [3.63, 3.8) is 0 Å². The van der Waals surface area contributed by atoms with E-state index < -0.39 is 40.3 Å². The fourth-order valence-corrected chi connectivity index (χ4v) is 21.1. The van der Waals surface area contributed by atoms with E-state index in [1.54, 1.807) is 48.5 Å². The van der Waals surface area contributed by atoms with Gasteiger partial charge in [-0.25, -0.2) is 0 Å². The van der Waals surface area contributed by atoms with Gasteiger partial charge in [-0.15, -0.1) is 0 Å². The third-order valence-electron chi connectivity index (χ3n) is 13.5. The summed E-state index contributed by atoms with van der Waals surface area (Å²) in [6.45, 7) is 27.0. The molecular formula is C54H71BrN2O10Si2. The molecule has 1 unspecified atom stereocenters. The van der Waals surface area contributed by atoms with Crippen LogP contribution in [-0.2, 0) is 25.5 Å². The zero-order valence-corrected chi connectivity index (χ0v) is 46.3. The number of amides is 4. The number of halogens is 1. The average Bonchev–Trinajstić information content (AvgIpc) is 3.71. The molecule has 15 heteroatoms. The molecule has 12 nitrogen and oxygen atoms in total. The van der Waals surface area contributed by atoms with Crippen molar-refractivity contribution in [1.82, 2.24) is 9.80 Å². The van der Waals surface area contributed by atoms with Crippen LogP contribution < -0.4 is 8.85 Å². The lowest BCUT2D eigenvalue weighted by atomic mass is 9.98. The molecule has 4 aromatic carbocycles. The Bertz CT molecular complexity index is 2320. The fraction of sp³-hybridized carbons (Fsp3) is 0.444. The summed E-state index contributed by atoms with van der Waals surface area (Å²) >= 11 is 3.10. The highest BCUT2D eigenvalue weighted by molar-refractivity contribution is 9.09. The number of alkyl halides is 1. The number of methoxy groups -OCH3 is 2. The molecule has 0 spiro atoms. The van der Waals surface area contributed by atoms with Gasteiger partial charge in [0.1, 0.15) is 11.5 Å². The normalized spacial score (nSPS) is 13.9. The van der Waals surface area contributed by atoms with Gasteiger partial charge in [-0.3, -0.25) is 38.6 Å². The Morgan fingerprint density at radius 1 is 0.493 bits per heavy atom. The van der Waals surface area contributed by atoms with Crippen LogP contribution in [0.25, 0.3) is 0 Å². The molecule has 0 radical (unpaired) electrons. The zero-order valence-electron chi connectivity index (χ0n) is 42.8. The minimum absolute atomic E-state index is 0.0815. The van der Waals surface area contributed by atoms with E-state index >= 15 is 0 Å². The van der Waals surface area contributed by atoms with Gasteiger partial charge in [0, 0.05) is 6.54 Å². The van der Waals surface area contributed by atoms with E-state index in [1.165, 1.54) is 19.1 Å². The van der Waals surface area contributed by atoms with Crippen molar-refractivity contribution in [3.05, 3.63) is 130 Å². The number of hydrogen-bond acceptors (Lipinski definition) is 10. The first kappa shape index (κ1) is 56.2. The lowest BCUT2D eigenvalue weighted by molar-refractivity contribution is -0.142. The zero-order chi connectivity index (χ0) is 51.5. The smallest absolute Gasteiger partial charge is 0.314 e. The first-order valence-electron chi connectivity index (χ1n) is 23.7. The van der Waals surface area contributed by atoms with Gasteiger partial charge >= 0.3 is 11.9 Å². The Balaban J connectivity index is 0.000000252. The summed E-state index contributed by atoms with van der Waals surface area (Å²) in [7, 11) is -1.31. The number of carbonyl (C=O) groups is 6. The van der Waals surface area contributed by atoms with Gasteiger partial charge in [-0.2, -0.15) is 0 Å². The molecule has 6 rings (SSSR count). The SMILES string of the molecule is COC(=O)C(CN1C(=O)c2ccccc2C1=O)c1ccc(O[Si](C(C)C)(C(C)C)C(C)C)cc1.COC(=O)Cc1ccc(O[Si](C(C)C)(C(C)C)C(C)C)cc1.O=C1c2ccccc2C(=O)N1CBr. The van der Waals surface area contributed by atoms with Crippen LogP contribution in [0.1, 0.15) is 142 Å². The Kier molecular flexibility index (Phi) is 19.9. The molecule has 4 amide bonds. The van der Waals surface area contributed by atoms with Crippen molar-refractivity contribution in [3.8, 4) is 11.5 Å². The molecule has 0 bridgehead atoms. The molecule has 69 heavy (non-hydrogen) atoms. The fourth-order valence-electron chi connectivity index (χ4n) is 10.2. The lowest BCUT2D eigenvalue weighted by Gasteiger charge is -2.42. The molecule has 0 aliphatic carbocycles. The van der Waals surface area contributed by atoms with E-state index in [2.05, 4.69) is 99.0 Å². The maximum Gasteiger partial charge on any atom is 0.314 e. The maximum absolute atomic E-state index is 12.8. The van der Waals surface area contributed by atoms with Crippen molar-refractivity contribution in [2.75, 3.05) is 26.2 Å². The quantitative estimate of drug-likeness (QED) is 0.0329. The first-order chi connectivity index (χ1) is 32.5. The summed E-state index contributed by atoms with van der Waals surface area (Å²) < 4.78 is 23.0. The van der Waals surface area contributed by atoms with Gasteiger partial charge < -0.3 is 18.3 Å². The Hall–Kier alpha value is -5.39. The number of fused-ring (bicyclic) bond motifs is 2. The molecule has 2 aliphatic rings. The molecule has 4 aromatic rings. The van der Waals surface area contributed by atoms with Crippen LogP contribution in [-0.4, -0.2) is 88.2 Å². The van der Waals surface area contributed by atoms with Crippen molar-refractivity contribution in [2.24, 2.45) is 0 Å². The molecule has 0 saturated heterocycles. The highest BCUT2D eigenvalue weighted by Crippen LogP contribution is 2.44. The van der Waals surface area contributed by atoms with Gasteiger partial charge in [-0.1, -0.05) is 148 Å². The lowest BCUT2D eigenvalue weighted by Crippen LogP contribution is -2.50. The number of ether oxygens (including phenoxy) is 2. The Morgan fingerprint density at radius 2 is 0.826 bits per heavy atom. The van der Waals surface area contributed by atoms with E-state index in [0.29, 0.717) is 67.5 Å². The van der Waals surface area contributed by atoms with Gasteiger partial charge in [0.05, 0.1) is 54.3 Å². The van der Waals surface area contributed by atoms with Crippen molar-refractivity contribution in [2.45, 2.75) is 129 Å². The van der Waals surface area contributed by atoms with Gasteiger partial charge in [-0.05, 0) is 92.9 Å². The summed E-state index contributed by atoms with van der Waals surface area (Å²) in [5.41, 5.74) is 6.50. The Labute approximate surface area is 419 Å². The molecular weight excluding hydrogens is 973 g/mol. The van der Waals surface area contributed by atoms with E-state index in [-0.39, 0.29) is 29.8 Å². The number of carbonyl (C=O) groups excluding carboxylic acids is 6. The number of nitrogens with zero attached hydrogens (tertiary/aromatic N) is 2. The van der Waals surface area contributed by atoms with Crippen molar-refractivity contribution >= 4 is 68.1 Å². The van der Waals surface area contributed by atoms with Crippen LogP contribution in [0.15, 0.2) is 97.1 Å². The second-order valence-corrected chi connectivity index (χ2v) is 30.6. The van der Waals surface area contributed by atoms with Crippen LogP contribution in [0.2, 0.25) is 33.2 Å². The molecule has 0 saturated carbocycles. The minimum Gasteiger partial charge on any atom is -0.543 e. The minimum atomic E-state index is -2.11. The molecule has 0 aromatic heterocycles. The van der Waals surface area contributed by atoms with Crippen LogP contribution in [0, 0.1) is 0 Å². The van der Waals surface area contributed by atoms with E-state index in [9.17, 15) is 28.8 Å². The monoisotopic (exact) mass is 1040 g/mol. The molecule has 1 atom stereocenters. The van der Waals surface area contributed by atoms with Crippen LogP contribution in [0.3, 0.4) is 0 Å².